The van der Waals surface area contributed by atoms with E-state index < -0.39 is 34.1 Å². The number of rotatable bonds is 10. The molecule has 0 fully saturated rings. The smallest absolute Gasteiger partial charge is 0.244 e. The predicted octanol–water partition coefficient (Wildman–Crippen LogP) is 3.64. The van der Waals surface area contributed by atoms with E-state index in [9.17, 15) is 18.0 Å². The van der Waals surface area contributed by atoms with E-state index in [0.717, 1.165) is 15.4 Å². The van der Waals surface area contributed by atoms with Gasteiger partial charge in [-0.1, -0.05) is 36.8 Å². The number of aryl methyl sites for hydroxylation is 1. The normalized spacial score (nSPS) is 13.9. The van der Waals surface area contributed by atoms with Crippen molar-refractivity contribution in [3.8, 4) is 11.5 Å². The molecule has 2 amide bonds. The molecule has 0 bridgehead atoms. The Hall–Kier alpha value is -3.27. The zero-order valence-corrected chi connectivity index (χ0v) is 23.9. The highest BCUT2D eigenvalue weighted by atomic mass is 32.2. The van der Waals surface area contributed by atoms with Crippen LogP contribution in [0.3, 0.4) is 0 Å². The minimum atomic E-state index is -3.84. The molecule has 1 aliphatic rings. The zero-order valence-electron chi connectivity index (χ0n) is 23.1. The highest BCUT2D eigenvalue weighted by Crippen LogP contribution is 2.35. The number of anilines is 1. The summed E-state index contributed by atoms with van der Waals surface area (Å²) in [5.41, 5.74) is 1.68. The van der Waals surface area contributed by atoms with Crippen molar-refractivity contribution in [2.75, 3.05) is 29.8 Å². The van der Waals surface area contributed by atoms with Crippen LogP contribution in [0.1, 0.15) is 52.2 Å². The van der Waals surface area contributed by atoms with E-state index >= 15 is 0 Å². The van der Waals surface area contributed by atoms with Crippen LogP contribution in [0.2, 0.25) is 0 Å². The average Bonchev–Trinajstić information content (AvgIpc) is 2.85. The van der Waals surface area contributed by atoms with Crippen molar-refractivity contribution >= 4 is 27.5 Å². The van der Waals surface area contributed by atoms with Crippen molar-refractivity contribution < 1.29 is 27.5 Å². The molecule has 1 heterocycles. The minimum Gasteiger partial charge on any atom is -0.486 e. The molecule has 0 aromatic heterocycles. The molecular weight excluding hydrogens is 506 g/mol. The summed E-state index contributed by atoms with van der Waals surface area (Å²) in [5, 5.41) is 2.97. The first kappa shape index (κ1) is 29.3. The number of nitrogens with one attached hydrogen (secondary N) is 1. The van der Waals surface area contributed by atoms with E-state index in [1.54, 1.807) is 18.2 Å². The quantitative estimate of drug-likeness (QED) is 0.489. The summed E-state index contributed by atoms with van der Waals surface area (Å²) in [6.07, 6.45) is 0.365. The molecule has 38 heavy (non-hydrogen) atoms. The van der Waals surface area contributed by atoms with Crippen LogP contribution in [0, 0.1) is 6.92 Å². The lowest BCUT2D eigenvalue weighted by molar-refractivity contribution is -0.141. The maximum Gasteiger partial charge on any atom is 0.244 e. The van der Waals surface area contributed by atoms with E-state index in [-0.39, 0.29) is 18.2 Å². The second-order valence-electron chi connectivity index (χ2n) is 10.4. The van der Waals surface area contributed by atoms with Gasteiger partial charge in [0.2, 0.25) is 21.8 Å². The first-order valence-electron chi connectivity index (χ1n) is 12.9. The third kappa shape index (κ3) is 7.40. The molecule has 10 heteroatoms. The van der Waals surface area contributed by atoms with Gasteiger partial charge >= 0.3 is 0 Å². The molecule has 0 radical (unpaired) electrons. The zero-order chi connectivity index (χ0) is 28.1. The van der Waals surface area contributed by atoms with Crippen molar-refractivity contribution in [2.45, 2.75) is 66.1 Å². The van der Waals surface area contributed by atoms with Gasteiger partial charge in [-0.2, -0.15) is 0 Å². The molecule has 1 unspecified atom stereocenters. The highest BCUT2D eigenvalue weighted by Gasteiger charge is 2.34. The Bertz CT molecular complexity index is 1260. The molecular formula is C28H39N3O6S. The van der Waals surface area contributed by atoms with Crippen molar-refractivity contribution in [1.82, 2.24) is 10.2 Å². The summed E-state index contributed by atoms with van der Waals surface area (Å²) in [6, 6.07) is 11.7. The Morgan fingerprint density at radius 3 is 2.32 bits per heavy atom. The van der Waals surface area contributed by atoms with Gasteiger partial charge in [0, 0.05) is 18.2 Å². The maximum atomic E-state index is 13.9. The molecule has 0 aliphatic carbocycles. The van der Waals surface area contributed by atoms with Gasteiger partial charge in [-0.15, -0.1) is 0 Å². The van der Waals surface area contributed by atoms with Gasteiger partial charge in [0.1, 0.15) is 25.8 Å². The van der Waals surface area contributed by atoms with Gasteiger partial charge in [0.15, 0.2) is 11.5 Å². The molecule has 0 saturated heterocycles. The van der Waals surface area contributed by atoms with Gasteiger partial charge in [-0.3, -0.25) is 13.9 Å². The molecule has 1 aliphatic heterocycles. The predicted molar refractivity (Wildman–Crippen MR) is 148 cm³/mol. The first-order valence-corrected chi connectivity index (χ1v) is 14.5. The van der Waals surface area contributed by atoms with E-state index in [1.165, 1.54) is 11.8 Å². The van der Waals surface area contributed by atoms with Crippen molar-refractivity contribution in [1.29, 1.82) is 0 Å². The van der Waals surface area contributed by atoms with E-state index in [1.807, 2.05) is 58.9 Å². The van der Waals surface area contributed by atoms with Gasteiger partial charge in [-0.05, 0) is 58.7 Å². The molecule has 3 rings (SSSR count). The Kier molecular flexibility index (Phi) is 9.30. The fourth-order valence-electron chi connectivity index (χ4n) is 4.29. The maximum absolute atomic E-state index is 13.9. The second kappa shape index (κ2) is 12.1. The number of fused-ring (bicyclic) bond motifs is 1. The number of carbonyl (C=O) groups excluding carboxylic acids is 2. The van der Waals surface area contributed by atoms with Crippen LogP contribution in [-0.4, -0.2) is 62.2 Å². The molecule has 1 N–H and O–H groups in total. The molecule has 2 aromatic carbocycles. The number of benzene rings is 2. The molecule has 1 atom stereocenters. The second-order valence-corrected chi connectivity index (χ2v) is 12.6. The van der Waals surface area contributed by atoms with E-state index in [4.69, 9.17) is 9.47 Å². The van der Waals surface area contributed by atoms with Gasteiger partial charge in [-0.25, -0.2) is 8.42 Å². The molecule has 0 spiro atoms. The van der Waals surface area contributed by atoms with Crippen molar-refractivity contribution in [3.05, 3.63) is 53.6 Å². The average molecular weight is 546 g/mol. The summed E-state index contributed by atoms with van der Waals surface area (Å²) in [6.45, 7) is 11.4. The van der Waals surface area contributed by atoms with Crippen LogP contribution in [0.25, 0.3) is 0 Å². The summed E-state index contributed by atoms with van der Waals surface area (Å²) in [4.78, 5) is 28.7. The molecule has 0 saturated carbocycles. The lowest BCUT2D eigenvalue weighted by Gasteiger charge is -2.35. The first-order chi connectivity index (χ1) is 17.8. The van der Waals surface area contributed by atoms with Crippen molar-refractivity contribution in [3.63, 3.8) is 0 Å². The summed E-state index contributed by atoms with van der Waals surface area (Å²) >= 11 is 0. The van der Waals surface area contributed by atoms with E-state index in [2.05, 4.69) is 5.32 Å². The van der Waals surface area contributed by atoms with Gasteiger partial charge in [0.25, 0.3) is 0 Å². The van der Waals surface area contributed by atoms with Crippen LogP contribution < -0.4 is 19.1 Å². The number of nitrogens with zero attached hydrogens (tertiary/aromatic N) is 2. The number of sulfonamides is 1. The fraction of sp³-hybridized carbons (Fsp3) is 0.500. The lowest BCUT2D eigenvalue weighted by atomic mass is 10.0. The number of amides is 2. The summed E-state index contributed by atoms with van der Waals surface area (Å²) < 4.78 is 38.7. The topological polar surface area (TPSA) is 105 Å². The number of hydrogen-bond donors (Lipinski definition) is 1. The third-order valence-corrected chi connectivity index (χ3v) is 7.85. The molecule has 208 valence electrons. The van der Waals surface area contributed by atoms with Crippen LogP contribution in [0.15, 0.2) is 42.5 Å². The Balaban J connectivity index is 2.00. The van der Waals surface area contributed by atoms with Gasteiger partial charge in [0.05, 0.1) is 11.4 Å². The molecule has 9 nitrogen and oxygen atoms in total. The fourth-order valence-corrected chi connectivity index (χ4v) is 5.34. The largest absolute Gasteiger partial charge is 0.486 e. The Morgan fingerprint density at radius 1 is 1.03 bits per heavy atom. The SMILES string of the molecule is CCC(C(=O)NC(C)(C)C)N(Cc1cccc(C)c1)C(=O)CN(c1ccc2c(c1)OCCO2)S(=O)(=O)CC. The van der Waals surface area contributed by atoms with Crippen LogP contribution in [0.4, 0.5) is 5.69 Å². The minimum absolute atomic E-state index is 0.164. The van der Waals surface area contributed by atoms with Gasteiger partial charge < -0.3 is 19.7 Å². The highest BCUT2D eigenvalue weighted by molar-refractivity contribution is 7.92. The Morgan fingerprint density at radius 2 is 1.71 bits per heavy atom. The monoisotopic (exact) mass is 545 g/mol. The number of hydrogen-bond acceptors (Lipinski definition) is 6. The van der Waals surface area contributed by atoms with Crippen LogP contribution >= 0.6 is 0 Å². The summed E-state index contributed by atoms with van der Waals surface area (Å²) in [5.74, 6) is -0.0234. The standard InChI is InChI=1S/C28H39N3O6S/c1-7-23(27(33)29-28(4,5)6)30(18-21-11-9-10-20(3)16-21)26(32)19-31(38(34,35)8-2)22-12-13-24-25(17-22)37-15-14-36-24/h9-13,16-17,23H,7-8,14-15,18-19H2,1-6H3,(H,29,33). The van der Waals surface area contributed by atoms with E-state index in [0.29, 0.717) is 36.8 Å². The number of carbonyl (C=O) groups is 2. The van der Waals surface area contributed by atoms with Crippen molar-refractivity contribution in [2.24, 2.45) is 0 Å². The Labute approximate surface area is 226 Å². The number of ether oxygens (including phenoxy) is 2. The van der Waals surface area contributed by atoms with Crippen LogP contribution in [0.5, 0.6) is 11.5 Å². The van der Waals surface area contributed by atoms with Crippen LogP contribution in [-0.2, 0) is 26.2 Å². The molecule has 2 aromatic rings. The summed E-state index contributed by atoms with van der Waals surface area (Å²) in [7, 11) is -3.84. The lowest BCUT2D eigenvalue weighted by Crippen LogP contribution is -2.55. The third-order valence-electron chi connectivity index (χ3n) is 6.11.